The lowest BCUT2D eigenvalue weighted by Crippen LogP contribution is -2.32. The van der Waals surface area contributed by atoms with Gasteiger partial charge in [0.05, 0.1) is 0 Å². The molecule has 1 rings (SSSR count). The molecule has 218 valence electrons. The Bertz CT molecular complexity index is 544. The number of unbranched alkanes of at least 4 members (excludes halogenated alkanes) is 14. The summed E-state index contributed by atoms with van der Waals surface area (Å²) >= 11 is 3.42. The van der Waals surface area contributed by atoms with Crippen molar-refractivity contribution in [2.24, 2.45) is 11.8 Å². The molecule has 1 fully saturated rings. The van der Waals surface area contributed by atoms with Gasteiger partial charge in [0.15, 0.2) is 0 Å². The van der Waals surface area contributed by atoms with E-state index in [-0.39, 0.29) is 11.8 Å². The van der Waals surface area contributed by atoms with Crippen LogP contribution in [0.4, 0.5) is 4.79 Å². The molecule has 2 unspecified atom stereocenters. The minimum atomic E-state index is -1.01. The van der Waals surface area contributed by atoms with E-state index in [1.165, 1.54) is 96.3 Å². The summed E-state index contributed by atoms with van der Waals surface area (Å²) in [5.41, 5.74) is 0. The van der Waals surface area contributed by atoms with Crippen molar-refractivity contribution in [3.05, 3.63) is 0 Å². The van der Waals surface area contributed by atoms with E-state index in [1.807, 2.05) is 0 Å². The number of ether oxygens (including phenoxy) is 1. The van der Waals surface area contributed by atoms with E-state index < -0.39 is 6.09 Å². The molecule has 0 bridgehead atoms. The Labute approximate surface area is 236 Å². The molecule has 1 saturated heterocycles. The number of carboxylic acid groups (broad SMARTS) is 1. The molecule has 1 heterocycles. The number of hydrogen-bond acceptors (Lipinski definition) is 3. The maximum absolute atomic E-state index is 12.2. The van der Waals surface area contributed by atoms with Gasteiger partial charge in [-0.05, 0) is 50.4 Å². The minimum Gasteiger partial charge on any atom is -0.465 e. The summed E-state index contributed by atoms with van der Waals surface area (Å²) < 4.78 is 5.57. The van der Waals surface area contributed by atoms with Crippen LogP contribution in [0, 0.1) is 11.8 Å². The van der Waals surface area contributed by atoms with Gasteiger partial charge in [0.1, 0.15) is 0 Å². The Hall–Kier alpha value is -0.820. The number of amides is 2. The van der Waals surface area contributed by atoms with Crippen LogP contribution in [-0.4, -0.2) is 48.7 Å². The van der Waals surface area contributed by atoms with Crippen LogP contribution in [0.15, 0.2) is 0 Å². The molecular formula is C30H57BrN2O4. The third-order valence-electron chi connectivity index (χ3n) is 7.63. The zero-order chi connectivity index (χ0) is 26.8. The van der Waals surface area contributed by atoms with Gasteiger partial charge in [0, 0.05) is 38.1 Å². The Kier molecular flexibility index (Phi) is 23.5. The summed E-state index contributed by atoms with van der Waals surface area (Å²) in [7, 11) is 0. The highest BCUT2D eigenvalue weighted by Crippen LogP contribution is 2.21. The Morgan fingerprint density at radius 2 is 1.41 bits per heavy atom. The van der Waals surface area contributed by atoms with Crippen LogP contribution in [0.5, 0.6) is 0 Å². The van der Waals surface area contributed by atoms with E-state index in [1.54, 1.807) is 0 Å². The fourth-order valence-electron chi connectivity index (χ4n) is 5.31. The largest absolute Gasteiger partial charge is 0.465 e. The van der Waals surface area contributed by atoms with Gasteiger partial charge >= 0.3 is 6.09 Å². The van der Waals surface area contributed by atoms with E-state index in [9.17, 15) is 9.59 Å². The van der Waals surface area contributed by atoms with Crippen molar-refractivity contribution in [2.45, 2.75) is 135 Å². The summed E-state index contributed by atoms with van der Waals surface area (Å²) in [5, 5.41) is 15.4. The molecule has 0 radical (unpaired) electrons. The highest BCUT2D eigenvalue weighted by molar-refractivity contribution is 9.09. The van der Waals surface area contributed by atoms with Crippen molar-refractivity contribution >= 4 is 27.9 Å². The molecule has 7 heteroatoms. The van der Waals surface area contributed by atoms with Crippen molar-refractivity contribution in [2.75, 3.05) is 31.6 Å². The standard InChI is InChI=1S/C30H57BrN2O4/c31-21-15-12-16-22-32-29(34)24-28(25-33-30(35)36)19-14-11-9-7-5-3-1-2-4-6-8-10-13-18-27-20-17-23-37-26-27/h27-28,33H,1-26H2,(H,32,34)(H,35,36). The van der Waals surface area contributed by atoms with Gasteiger partial charge in [-0.25, -0.2) is 4.79 Å². The summed E-state index contributed by atoms with van der Waals surface area (Å²) in [5.74, 6) is 0.963. The van der Waals surface area contributed by atoms with Crippen LogP contribution in [0.2, 0.25) is 0 Å². The van der Waals surface area contributed by atoms with Crippen LogP contribution in [0.3, 0.4) is 0 Å². The van der Waals surface area contributed by atoms with E-state index >= 15 is 0 Å². The monoisotopic (exact) mass is 588 g/mol. The number of hydrogen-bond donors (Lipinski definition) is 3. The lowest BCUT2D eigenvalue weighted by Gasteiger charge is -2.21. The quantitative estimate of drug-likeness (QED) is 0.0740. The molecule has 2 atom stereocenters. The Morgan fingerprint density at radius 1 is 0.811 bits per heavy atom. The molecule has 0 spiro atoms. The van der Waals surface area contributed by atoms with Crippen LogP contribution in [-0.2, 0) is 9.53 Å². The van der Waals surface area contributed by atoms with E-state index in [4.69, 9.17) is 9.84 Å². The average molecular weight is 590 g/mol. The van der Waals surface area contributed by atoms with Crippen LogP contribution < -0.4 is 10.6 Å². The Balaban J connectivity index is 1.92. The summed E-state index contributed by atoms with van der Waals surface area (Å²) in [6.07, 6.45) is 24.7. The molecule has 0 saturated carbocycles. The minimum absolute atomic E-state index is 0.0468. The normalized spacial score (nSPS) is 16.4. The molecule has 0 aromatic rings. The van der Waals surface area contributed by atoms with Crippen molar-refractivity contribution in [3.63, 3.8) is 0 Å². The van der Waals surface area contributed by atoms with Gasteiger partial charge in [-0.2, -0.15) is 0 Å². The van der Waals surface area contributed by atoms with E-state index in [0.29, 0.717) is 19.5 Å². The number of nitrogens with one attached hydrogen (secondary N) is 2. The topological polar surface area (TPSA) is 87.7 Å². The zero-order valence-corrected chi connectivity index (χ0v) is 25.2. The maximum atomic E-state index is 12.2. The van der Waals surface area contributed by atoms with Crippen LogP contribution in [0.1, 0.15) is 135 Å². The molecule has 6 nitrogen and oxygen atoms in total. The van der Waals surface area contributed by atoms with Crippen molar-refractivity contribution in [1.29, 1.82) is 0 Å². The van der Waals surface area contributed by atoms with Crippen molar-refractivity contribution in [3.8, 4) is 0 Å². The fourth-order valence-corrected chi connectivity index (χ4v) is 5.71. The molecule has 2 amide bonds. The van der Waals surface area contributed by atoms with Gasteiger partial charge in [0.25, 0.3) is 0 Å². The number of carbonyl (C=O) groups is 2. The molecule has 1 aliphatic rings. The van der Waals surface area contributed by atoms with E-state index in [0.717, 1.165) is 56.6 Å². The third kappa shape index (κ3) is 22.8. The van der Waals surface area contributed by atoms with Crippen LogP contribution in [0.25, 0.3) is 0 Å². The number of rotatable bonds is 25. The number of halogens is 1. The van der Waals surface area contributed by atoms with Gasteiger partial charge in [-0.1, -0.05) is 106 Å². The molecule has 0 aromatic heterocycles. The second-order valence-corrected chi connectivity index (χ2v) is 11.9. The van der Waals surface area contributed by atoms with Gasteiger partial charge in [-0.3, -0.25) is 4.79 Å². The number of carbonyl (C=O) groups excluding carboxylic acids is 1. The van der Waals surface area contributed by atoms with Gasteiger partial charge in [0.2, 0.25) is 5.91 Å². The lowest BCUT2D eigenvalue weighted by atomic mass is 9.95. The lowest BCUT2D eigenvalue weighted by molar-refractivity contribution is -0.122. The first-order valence-electron chi connectivity index (χ1n) is 15.5. The first-order valence-corrected chi connectivity index (χ1v) is 16.6. The fraction of sp³-hybridized carbons (Fsp3) is 0.933. The first kappa shape index (κ1) is 34.2. The molecule has 37 heavy (non-hydrogen) atoms. The van der Waals surface area contributed by atoms with Gasteiger partial charge < -0.3 is 20.5 Å². The molecular weight excluding hydrogens is 532 g/mol. The summed E-state index contributed by atoms with van der Waals surface area (Å²) in [4.78, 5) is 23.1. The Morgan fingerprint density at radius 3 is 1.97 bits per heavy atom. The average Bonchev–Trinajstić information content (AvgIpc) is 2.89. The van der Waals surface area contributed by atoms with Crippen molar-refractivity contribution in [1.82, 2.24) is 10.6 Å². The SMILES string of the molecule is O=C(O)NCC(CCCCCCCCCCCCCCCC1CCCOC1)CC(=O)NCCCCCBr. The summed E-state index contributed by atoms with van der Waals surface area (Å²) in [6, 6.07) is 0. The third-order valence-corrected chi connectivity index (χ3v) is 8.19. The predicted molar refractivity (Wildman–Crippen MR) is 158 cm³/mol. The zero-order valence-electron chi connectivity index (χ0n) is 23.6. The molecule has 3 N–H and O–H groups in total. The molecule has 1 aliphatic heterocycles. The summed E-state index contributed by atoms with van der Waals surface area (Å²) in [6.45, 7) is 3.05. The van der Waals surface area contributed by atoms with Gasteiger partial charge in [-0.15, -0.1) is 0 Å². The second-order valence-electron chi connectivity index (χ2n) is 11.1. The highest BCUT2D eigenvalue weighted by atomic mass is 79.9. The maximum Gasteiger partial charge on any atom is 0.404 e. The second kappa shape index (κ2) is 25.5. The highest BCUT2D eigenvalue weighted by Gasteiger charge is 2.15. The smallest absolute Gasteiger partial charge is 0.404 e. The molecule has 0 aliphatic carbocycles. The predicted octanol–water partition coefficient (Wildman–Crippen LogP) is 8.22. The van der Waals surface area contributed by atoms with Crippen molar-refractivity contribution < 1.29 is 19.4 Å². The first-order chi connectivity index (χ1) is 18.1. The van der Waals surface area contributed by atoms with E-state index in [2.05, 4.69) is 26.6 Å². The number of alkyl halides is 1. The van der Waals surface area contributed by atoms with Crippen LogP contribution >= 0.6 is 15.9 Å². The molecule has 0 aromatic carbocycles.